The number of anilines is 1. The minimum atomic E-state index is -3.76. The molecule has 0 radical (unpaired) electrons. The molecule has 4 N–H and O–H groups in total. The van der Waals surface area contributed by atoms with Crippen LogP contribution in [-0.2, 0) is 9.84 Å². The maximum absolute atomic E-state index is 13.3. The van der Waals surface area contributed by atoms with Gasteiger partial charge in [-0.3, -0.25) is 5.10 Å². The number of sulfone groups is 1. The molecule has 1 heterocycles. The van der Waals surface area contributed by atoms with Crippen LogP contribution in [0.25, 0.3) is 21.7 Å². The van der Waals surface area contributed by atoms with Crippen molar-refractivity contribution in [3.8, 4) is 0 Å². The van der Waals surface area contributed by atoms with Gasteiger partial charge in [0.2, 0.25) is 9.84 Å². The Kier molecular flexibility index (Phi) is 5.36. The molecule has 0 fully saturated rings. The molecule has 0 aliphatic carbocycles. The lowest BCUT2D eigenvalue weighted by Gasteiger charge is -2.08. The third-order valence-corrected chi connectivity index (χ3v) is 6.08. The first-order valence-corrected chi connectivity index (χ1v) is 9.74. The fraction of sp³-hybridized carbons (Fsp3) is 0.105. The summed E-state index contributed by atoms with van der Waals surface area (Å²) in [7, 11) is -3.76. The van der Waals surface area contributed by atoms with Gasteiger partial charge in [0, 0.05) is 29.5 Å². The molecule has 0 amide bonds. The zero-order chi connectivity index (χ0) is 18.1. The predicted molar refractivity (Wildman–Crippen MR) is 110 cm³/mol. The number of hydrogen-bond acceptors (Lipinski definition) is 5. The van der Waals surface area contributed by atoms with Crippen molar-refractivity contribution in [3.63, 3.8) is 0 Å². The summed E-state index contributed by atoms with van der Waals surface area (Å²) in [6, 6.07) is 18.1. The number of nitrogens with zero attached hydrogens (tertiary/aromatic N) is 1. The lowest BCUT2D eigenvalue weighted by molar-refractivity contribution is 0.593. The number of aromatic amines is 1. The second-order valence-electron chi connectivity index (χ2n) is 5.98. The first kappa shape index (κ1) is 19.2. The summed E-state index contributed by atoms with van der Waals surface area (Å²) in [5, 5.41) is 12.2. The third kappa shape index (κ3) is 3.37. The van der Waals surface area contributed by atoms with Crippen molar-refractivity contribution in [2.75, 3.05) is 18.4 Å². The Morgan fingerprint density at radius 3 is 2.59 bits per heavy atom. The molecule has 0 aliphatic rings. The fourth-order valence-electron chi connectivity index (χ4n) is 3.06. The van der Waals surface area contributed by atoms with E-state index in [2.05, 4.69) is 15.5 Å². The van der Waals surface area contributed by atoms with Crippen LogP contribution in [0.15, 0.2) is 70.6 Å². The van der Waals surface area contributed by atoms with Crippen LogP contribution in [0.5, 0.6) is 0 Å². The summed E-state index contributed by atoms with van der Waals surface area (Å²) in [5.74, 6) is 0. The topological polar surface area (TPSA) is 101 Å². The van der Waals surface area contributed by atoms with Gasteiger partial charge in [0.15, 0.2) is 5.03 Å². The number of fused-ring (bicyclic) bond motifs is 2. The Hall–Kier alpha value is -2.61. The molecule has 4 rings (SSSR count). The molecule has 0 saturated heterocycles. The van der Waals surface area contributed by atoms with E-state index in [1.54, 1.807) is 24.3 Å². The van der Waals surface area contributed by atoms with Crippen LogP contribution < -0.4 is 11.1 Å². The summed E-state index contributed by atoms with van der Waals surface area (Å²) in [5.41, 5.74) is 6.92. The van der Waals surface area contributed by atoms with Crippen molar-refractivity contribution in [1.29, 1.82) is 0 Å². The summed E-state index contributed by atoms with van der Waals surface area (Å²) in [4.78, 5) is 0.265. The molecule has 4 aromatic rings. The molecule has 8 heteroatoms. The van der Waals surface area contributed by atoms with Gasteiger partial charge < -0.3 is 11.1 Å². The molecule has 0 saturated carbocycles. The van der Waals surface area contributed by atoms with E-state index >= 15 is 0 Å². The number of rotatable bonds is 5. The largest absolute Gasteiger partial charge is 0.384 e. The average molecular weight is 403 g/mol. The van der Waals surface area contributed by atoms with Crippen molar-refractivity contribution < 1.29 is 8.42 Å². The highest BCUT2D eigenvalue weighted by Crippen LogP contribution is 2.32. The Labute approximate surface area is 163 Å². The summed E-state index contributed by atoms with van der Waals surface area (Å²) in [6.07, 6.45) is 0. The molecule has 0 aliphatic heterocycles. The molecule has 140 valence electrons. The normalized spacial score (nSPS) is 11.4. The van der Waals surface area contributed by atoms with Crippen molar-refractivity contribution in [3.05, 3.63) is 60.7 Å². The molecule has 0 bridgehead atoms. The zero-order valence-electron chi connectivity index (χ0n) is 14.3. The van der Waals surface area contributed by atoms with Crippen molar-refractivity contribution in [1.82, 2.24) is 10.2 Å². The SMILES string of the molecule is Cl.NCCNc1ccc2n[nH]c(S(=O)(=O)c3cccc4ccccc34)c2c1. The average Bonchev–Trinajstić information content (AvgIpc) is 3.10. The minimum absolute atomic E-state index is 0. The molecule has 3 aromatic carbocycles. The van der Waals surface area contributed by atoms with Crippen molar-refractivity contribution >= 4 is 49.6 Å². The van der Waals surface area contributed by atoms with Crippen LogP contribution in [0.3, 0.4) is 0 Å². The maximum Gasteiger partial charge on any atom is 0.224 e. The Morgan fingerprint density at radius 1 is 1.00 bits per heavy atom. The zero-order valence-corrected chi connectivity index (χ0v) is 16.0. The highest BCUT2D eigenvalue weighted by atomic mass is 35.5. The van der Waals surface area contributed by atoms with Crippen LogP contribution >= 0.6 is 12.4 Å². The van der Waals surface area contributed by atoms with E-state index < -0.39 is 9.84 Å². The monoisotopic (exact) mass is 402 g/mol. The van der Waals surface area contributed by atoms with Crippen LogP contribution in [0, 0.1) is 0 Å². The maximum atomic E-state index is 13.3. The van der Waals surface area contributed by atoms with Gasteiger partial charge in [0.25, 0.3) is 0 Å². The number of nitrogens with two attached hydrogens (primary N) is 1. The number of hydrogen-bond donors (Lipinski definition) is 3. The fourth-order valence-corrected chi connectivity index (χ4v) is 4.63. The Bertz CT molecular complexity index is 1200. The van der Waals surface area contributed by atoms with E-state index in [9.17, 15) is 8.42 Å². The van der Waals surface area contributed by atoms with E-state index in [1.807, 2.05) is 36.4 Å². The third-order valence-electron chi connectivity index (χ3n) is 4.30. The molecule has 6 nitrogen and oxygen atoms in total. The molecular weight excluding hydrogens is 384 g/mol. The van der Waals surface area contributed by atoms with E-state index in [1.165, 1.54) is 0 Å². The van der Waals surface area contributed by atoms with E-state index in [0.717, 1.165) is 11.1 Å². The number of halogens is 1. The van der Waals surface area contributed by atoms with Gasteiger partial charge in [0.1, 0.15) is 0 Å². The lowest BCUT2D eigenvalue weighted by atomic mass is 10.1. The molecular formula is C19H19ClN4O2S. The van der Waals surface area contributed by atoms with E-state index in [0.29, 0.717) is 29.4 Å². The second kappa shape index (κ2) is 7.56. The number of benzene rings is 3. The van der Waals surface area contributed by atoms with Crippen LogP contribution in [-0.4, -0.2) is 31.7 Å². The molecule has 0 unspecified atom stereocenters. The standard InChI is InChI=1S/C19H18N4O2S.ClH/c20-10-11-21-14-8-9-17-16(12-14)19(23-22-17)26(24,25)18-7-3-5-13-4-1-2-6-15(13)18;/h1-9,12,21H,10-11,20H2,(H,22,23);1H. The summed E-state index contributed by atoms with van der Waals surface area (Å²) < 4.78 is 26.7. The van der Waals surface area contributed by atoms with Gasteiger partial charge in [-0.1, -0.05) is 36.4 Å². The van der Waals surface area contributed by atoms with Gasteiger partial charge in [-0.05, 0) is 29.7 Å². The molecule has 27 heavy (non-hydrogen) atoms. The minimum Gasteiger partial charge on any atom is -0.384 e. The highest BCUT2D eigenvalue weighted by Gasteiger charge is 2.25. The molecule has 1 aromatic heterocycles. The molecule has 0 atom stereocenters. The van der Waals surface area contributed by atoms with Gasteiger partial charge in [-0.25, -0.2) is 8.42 Å². The Balaban J connectivity index is 0.00000210. The van der Waals surface area contributed by atoms with Gasteiger partial charge in [-0.15, -0.1) is 12.4 Å². The van der Waals surface area contributed by atoms with Gasteiger partial charge in [-0.2, -0.15) is 5.10 Å². The smallest absolute Gasteiger partial charge is 0.224 e. The Morgan fingerprint density at radius 2 is 1.78 bits per heavy atom. The summed E-state index contributed by atoms with van der Waals surface area (Å²) >= 11 is 0. The number of H-pyrrole nitrogens is 1. The number of nitrogens with one attached hydrogen (secondary N) is 2. The van der Waals surface area contributed by atoms with Crippen molar-refractivity contribution in [2.24, 2.45) is 5.73 Å². The second-order valence-corrected chi connectivity index (χ2v) is 7.84. The predicted octanol–water partition coefficient (Wildman–Crippen LogP) is 3.34. The van der Waals surface area contributed by atoms with Crippen LogP contribution in [0.1, 0.15) is 0 Å². The highest BCUT2D eigenvalue weighted by molar-refractivity contribution is 7.91. The first-order valence-electron chi connectivity index (χ1n) is 8.26. The van der Waals surface area contributed by atoms with Crippen LogP contribution in [0.2, 0.25) is 0 Å². The van der Waals surface area contributed by atoms with Crippen molar-refractivity contribution in [2.45, 2.75) is 9.92 Å². The van der Waals surface area contributed by atoms with E-state index in [4.69, 9.17) is 5.73 Å². The number of aromatic nitrogens is 2. The quantitative estimate of drug-likeness (QED) is 0.475. The first-order chi connectivity index (χ1) is 12.6. The summed E-state index contributed by atoms with van der Waals surface area (Å²) in [6.45, 7) is 1.10. The lowest BCUT2D eigenvalue weighted by Crippen LogP contribution is -2.12. The molecule has 0 spiro atoms. The van der Waals surface area contributed by atoms with Gasteiger partial charge >= 0.3 is 0 Å². The van der Waals surface area contributed by atoms with E-state index in [-0.39, 0.29) is 22.3 Å². The van der Waals surface area contributed by atoms with Gasteiger partial charge in [0.05, 0.1) is 10.4 Å². The van der Waals surface area contributed by atoms with Crippen LogP contribution in [0.4, 0.5) is 5.69 Å².